The summed E-state index contributed by atoms with van der Waals surface area (Å²) >= 11 is 6.76. The fourth-order valence-corrected chi connectivity index (χ4v) is 6.03. The summed E-state index contributed by atoms with van der Waals surface area (Å²) in [6.45, 7) is 11.4. The molecular weight excluding hydrogens is 593 g/mol. The summed E-state index contributed by atoms with van der Waals surface area (Å²) in [5.41, 5.74) is 1.45. The van der Waals surface area contributed by atoms with Crippen molar-refractivity contribution in [1.82, 2.24) is 9.80 Å². The van der Waals surface area contributed by atoms with Crippen molar-refractivity contribution in [1.29, 1.82) is 5.26 Å². The van der Waals surface area contributed by atoms with Gasteiger partial charge in [-0.1, -0.05) is 54.1 Å². The Bertz CT molecular complexity index is 1530. The molecule has 2 heterocycles. The normalized spacial score (nSPS) is 21.3. The highest BCUT2D eigenvalue weighted by Gasteiger charge is 2.42. The lowest BCUT2D eigenvalue weighted by Gasteiger charge is -2.44. The number of amides is 1. The van der Waals surface area contributed by atoms with Crippen LogP contribution < -0.4 is 0 Å². The number of nitriles is 1. The first-order valence-electron chi connectivity index (χ1n) is 15.2. The minimum Gasteiger partial charge on any atom is -0.487 e. The molecule has 0 radical (unpaired) electrons. The third kappa shape index (κ3) is 7.97. The SMILES string of the molecule is C=C(OC(C)(C)C)N1CC(C(=O)N2CCC(C#N)(Cc3ccc(F)cc3)CC2)OC2C=CC(OCc3ccccc3)=C(Cl)C=C21. The number of hydrogen-bond acceptors (Lipinski definition) is 6. The molecule has 2 fully saturated rings. The maximum absolute atomic E-state index is 13.9. The first kappa shape index (κ1) is 32.3. The number of likely N-dealkylation sites (tertiary alicyclic amines) is 1. The molecule has 2 aromatic rings. The molecule has 3 aliphatic rings. The minimum atomic E-state index is -0.811. The topological polar surface area (TPSA) is 75.0 Å². The lowest BCUT2D eigenvalue weighted by atomic mass is 9.75. The van der Waals surface area contributed by atoms with E-state index in [1.807, 2.05) is 62.1 Å². The van der Waals surface area contributed by atoms with Crippen LogP contribution in [0.4, 0.5) is 4.39 Å². The lowest BCUT2D eigenvalue weighted by Crippen LogP contribution is -2.54. The number of hydrogen-bond donors (Lipinski definition) is 0. The molecule has 2 saturated heterocycles. The number of halogens is 2. The fourth-order valence-electron chi connectivity index (χ4n) is 5.80. The van der Waals surface area contributed by atoms with E-state index in [0.29, 0.717) is 61.3 Å². The zero-order valence-corrected chi connectivity index (χ0v) is 26.7. The number of allylic oxidation sites excluding steroid dienone is 3. The van der Waals surface area contributed by atoms with Crippen LogP contribution in [0.25, 0.3) is 0 Å². The maximum atomic E-state index is 13.9. The lowest BCUT2D eigenvalue weighted by molar-refractivity contribution is -0.153. The van der Waals surface area contributed by atoms with Crippen LogP contribution in [0.1, 0.15) is 44.7 Å². The van der Waals surface area contributed by atoms with Gasteiger partial charge in [0, 0.05) is 13.1 Å². The first-order chi connectivity index (χ1) is 21.4. The van der Waals surface area contributed by atoms with Gasteiger partial charge in [-0.3, -0.25) is 4.79 Å². The van der Waals surface area contributed by atoms with E-state index in [1.165, 1.54) is 12.1 Å². The van der Waals surface area contributed by atoms with E-state index in [2.05, 4.69) is 12.6 Å². The Morgan fingerprint density at radius 3 is 2.47 bits per heavy atom. The van der Waals surface area contributed by atoms with Crippen LogP contribution in [0.15, 0.2) is 102 Å². The van der Waals surface area contributed by atoms with Crippen LogP contribution in [0.2, 0.25) is 0 Å². The number of carbonyl (C=O) groups excluding carboxylic acids is 1. The third-order valence-corrected chi connectivity index (χ3v) is 8.45. The molecule has 0 spiro atoms. The maximum Gasteiger partial charge on any atom is 0.253 e. The highest BCUT2D eigenvalue weighted by atomic mass is 35.5. The average Bonchev–Trinajstić information content (AvgIpc) is 3.18. The van der Waals surface area contributed by atoms with Crippen LogP contribution in [-0.2, 0) is 32.0 Å². The molecule has 0 bridgehead atoms. The summed E-state index contributed by atoms with van der Waals surface area (Å²) in [5, 5.41) is 10.5. The summed E-state index contributed by atoms with van der Waals surface area (Å²) in [4.78, 5) is 17.5. The number of fused-ring (bicyclic) bond motifs is 1. The molecule has 0 saturated carbocycles. The number of ether oxygens (including phenoxy) is 3. The van der Waals surface area contributed by atoms with Crippen LogP contribution in [0, 0.1) is 22.6 Å². The Kier molecular flexibility index (Phi) is 9.71. The van der Waals surface area contributed by atoms with E-state index in [4.69, 9.17) is 25.8 Å². The quantitative estimate of drug-likeness (QED) is 0.293. The van der Waals surface area contributed by atoms with Crippen molar-refractivity contribution in [2.45, 2.75) is 64.4 Å². The summed E-state index contributed by atoms with van der Waals surface area (Å²) in [5.74, 6) is 0.403. The van der Waals surface area contributed by atoms with Gasteiger partial charge in [0.15, 0.2) is 12.0 Å². The number of rotatable bonds is 8. The number of carbonyl (C=O) groups is 1. The van der Waals surface area contributed by atoms with Gasteiger partial charge in [-0.2, -0.15) is 5.26 Å². The molecule has 5 rings (SSSR count). The van der Waals surface area contributed by atoms with Crippen LogP contribution in [0.3, 0.4) is 0 Å². The van der Waals surface area contributed by atoms with Crippen LogP contribution in [-0.4, -0.2) is 53.2 Å². The van der Waals surface area contributed by atoms with Gasteiger partial charge in [0.25, 0.3) is 5.91 Å². The molecule has 9 heteroatoms. The Labute approximate surface area is 269 Å². The number of morpholine rings is 1. The molecule has 45 heavy (non-hydrogen) atoms. The van der Waals surface area contributed by atoms with E-state index >= 15 is 0 Å². The summed E-state index contributed by atoms with van der Waals surface area (Å²) in [7, 11) is 0. The van der Waals surface area contributed by atoms with Crippen molar-refractivity contribution < 1.29 is 23.4 Å². The molecule has 2 atom stereocenters. The average molecular weight is 632 g/mol. The Morgan fingerprint density at radius 1 is 1.13 bits per heavy atom. The van der Waals surface area contributed by atoms with E-state index in [9.17, 15) is 14.4 Å². The summed E-state index contributed by atoms with van der Waals surface area (Å²) in [6, 6.07) is 18.6. The van der Waals surface area contributed by atoms with Crippen molar-refractivity contribution in [3.8, 4) is 6.07 Å². The predicted molar refractivity (Wildman–Crippen MR) is 171 cm³/mol. The van der Waals surface area contributed by atoms with Crippen molar-refractivity contribution in [2.24, 2.45) is 5.41 Å². The summed E-state index contributed by atoms with van der Waals surface area (Å²) in [6.07, 6.45) is 5.50. The highest BCUT2D eigenvalue weighted by molar-refractivity contribution is 6.31. The monoisotopic (exact) mass is 631 g/mol. The van der Waals surface area contributed by atoms with Crippen LogP contribution in [0.5, 0.6) is 0 Å². The molecule has 1 aliphatic carbocycles. The first-order valence-corrected chi connectivity index (χ1v) is 15.5. The second kappa shape index (κ2) is 13.5. The van der Waals surface area contributed by atoms with Gasteiger partial charge >= 0.3 is 0 Å². The standard InChI is InChI=1S/C36H39ClFN3O4/c1-25(45-35(2,3)4)41-22-33(34(42)40-18-16-36(24-39,17-19-40)21-26-10-12-28(38)13-11-26)44-32-15-14-31(29(37)20-30(32)41)43-23-27-8-6-5-7-9-27/h5-15,20,32-33H,1,16-19,21-23H2,2-4H3. The molecule has 2 aliphatic heterocycles. The van der Waals surface area contributed by atoms with Crippen LogP contribution >= 0.6 is 11.6 Å². The van der Waals surface area contributed by atoms with Gasteiger partial charge in [0.05, 0.1) is 28.8 Å². The Hall–Kier alpha value is -4.06. The number of nitrogens with zero attached hydrogens (tertiary/aromatic N) is 3. The minimum absolute atomic E-state index is 0.159. The van der Waals surface area contributed by atoms with E-state index in [0.717, 1.165) is 11.1 Å². The highest BCUT2D eigenvalue weighted by Crippen LogP contribution is 2.37. The summed E-state index contributed by atoms with van der Waals surface area (Å²) < 4.78 is 32.0. The number of piperidine rings is 1. The zero-order valence-electron chi connectivity index (χ0n) is 26.0. The molecular formula is C36H39ClFN3O4. The largest absolute Gasteiger partial charge is 0.487 e. The van der Waals surface area contributed by atoms with Gasteiger partial charge in [-0.15, -0.1) is 0 Å². The van der Waals surface area contributed by atoms with Crippen molar-refractivity contribution in [3.05, 3.63) is 119 Å². The second-order valence-corrected chi connectivity index (χ2v) is 13.1. The molecule has 2 aromatic carbocycles. The fraction of sp³-hybridized carbons (Fsp3) is 0.389. The predicted octanol–water partition coefficient (Wildman–Crippen LogP) is 6.98. The zero-order chi connectivity index (χ0) is 32.2. The van der Waals surface area contributed by atoms with Gasteiger partial charge in [0.1, 0.15) is 29.9 Å². The smallest absolute Gasteiger partial charge is 0.253 e. The van der Waals surface area contributed by atoms with Gasteiger partial charge in [0.2, 0.25) is 0 Å². The second-order valence-electron chi connectivity index (χ2n) is 12.7. The van der Waals surface area contributed by atoms with E-state index in [1.54, 1.807) is 29.2 Å². The molecule has 236 valence electrons. The van der Waals surface area contributed by atoms with Gasteiger partial charge in [-0.25, -0.2) is 4.39 Å². The van der Waals surface area contributed by atoms with Crippen molar-refractivity contribution in [2.75, 3.05) is 19.6 Å². The van der Waals surface area contributed by atoms with Gasteiger partial charge in [-0.05, 0) is 88.1 Å². The molecule has 0 N–H and O–H groups in total. The van der Waals surface area contributed by atoms with Gasteiger partial charge < -0.3 is 24.0 Å². The van der Waals surface area contributed by atoms with E-state index in [-0.39, 0.29) is 18.3 Å². The van der Waals surface area contributed by atoms with Crippen molar-refractivity contribution in [3.63, 3.8) is 0 Å². The molecule has 0 aromatic heterocycles. The van der Waals surface area contributed by atoms with Crippen molar-refractivity contribution >= 4 is 17.5 Å². The Morgan fingerprint density at radius 2 is 1.82 bits per heavy atom. The van der Waals surface area contributed by atoms with E-state index < -0.39 is 23.2 Å². The third-order valence-electron chi connectivity index (χ3n) is 8.16. The number of benzene rings is 2. The Balaban J connectivity index is 1.32. The molecule has 1 amide bonds. The molecule has 2 unspecified atom stereocenters. The molecule has 7 nitrogen and oxygen atoms in total.